The van der Waals surface area contributed by atoms with E-state index in [-0.39, 0.29) is 13.0 Å². The van der Waals surface area contributed by atoms with E-state index in [4.69, 9.17) is 22.0 Å². The maximum Gasteiger partial charge on any atom is 0.436 e. The van der Waals surface area contributed by atoms with Gasteiger partial charge in [0.15, 0.2) is 5.69 Å². The van der Waals surface area contributed by atoms with Crippen molar-refractivity contribution in [1.29, 1.82) is 5.26 Å². The Balaban J connectivity index is 3.31. The Bertz CT molecular complexity index is 489. The van der Waals surface area contributed by atoms with Gasteiger partial charge in [0, 0.05) is 0 Å². The largest absolute Gasteiger partial charge is 0.478 e. The van der Waals surface area contributed by atoms with Gasteiger partial charge in [0.05, 0.1) is 19.0 Å². The smallest absolute Gasteiger partial charge is 0.436 e. The van der Waals surface area contributed by atoms with E-state index in [2.05, 4.69) is 5.10 Å². The number of nitrogens with zero attached hydrogens (tertiary/aromatic N) is 3. The molecule has 0 saturated heterocycles. The highest BCUT2D eigenvalue weighted by molar-refractivity contribution is 6.32. The minimum absolute atomic E-state index is 0.127. The zero-order chi connectivity index (χ0) is 13.2. The van der Waals surface area contributed by atoms with Gasteiger partial charge < -0.3 is 5.11 Å². The number of carboxylic acid groups (broad SMARTS) is 1. The van der Waals surface area contributed by atoms with Crippen molar-refractivity contribution in [2.45, 2.75) is 19.1 Å². The molecule has 0 saturated carbocycles. The molecule has 0 amide bonds. The van der Waals surface area contributed by atoms with Gasteiger partial charge in [-0.15, -0.1) is 0 Å². The molecule has 0 atom stereocenters. The summed E-state index contributed by atoms with van der Waals surface area (Å²) in [7, 11) is 0. The van der Waals surface area contributed by atoms with E-state index >= 15 is 0 Å². The number of halogens is 4. The lowest BCUT2D eigenvalue weighted by molar-refractivity contribution is -0.142. The highest BCUT2D eigenvalue weighted by atomic mass is 35.5. The van der Waals surface area contributed by atoms with Crippen molar-refractivity contribution < 1.29 is 23.1 Å². The molecular formula is C8H5ClF3N3O2. The van der Waals surface area contributed by atoms with Crippen LogP contribution in [0.3, 0.4) is 0 Å². The van der Waals surface area contributed by atoms with Crippen molar-refractivity contribution in [3.05, 3.63) is 16.4 Å². The Labute approximate surface area is 98.0 Å². The van der Waals surface area contributed by atoms with Crippen LogP contribution in [0.4, 0.5) is 13.2 Å². The first-order valence-corrected chi connectivity index (χ1v) is 4.60. The zero-order valence-electron chi connectivity index (χ0n) is 8.12. The third-order valence-corrected chi connectivity index (χ3v) is 2.19. The number of nitriles is 1. The maximum atomic E-state index is 12.5. The molecule has 1 aromatic rings. The zero-order valence-corrected chi connectivity index (χ0v) is 8.88. The third-order valence-electron chi connectivity index (χ3n) is 1.81. The van der Waals surface area contributed by atoms with Gasteiger partial charge in [-0.3, -0.25) is 4.68 Å². The minimum atomic E-state index is -4.91. The molecule has 0 fully saturated rings. The number of hydrogen-bond donors (Lipinski definition) is 1. The summed E-state index contributed by atoms with van der Waals surface area (Å²) < 4.78 is 38.0. The highest BCUT2D eigenvalue weighted by Gasteiger charge is 2.41. The summed E-state index contributed by atoms with van der Waals surface area (Å²) >= 11 is 5.48. The van der Waals surface area contributed by atoms with Crippen LogP contribution >= 0.6 is 11.6 Å². The number of carbonyl (C=O) groups is 1. The van der Waals surface area contributed by atoms with Crippen LogP contribution in [0.25, 0.3) is 0 Å². The summed E-state index contributed by atoms with van der Waals surface area (Å²) in [5.74, 6) is -1.81. The molecule has 1 heterocycles. The Kier molecular flexibility index (Phi) is 3.63. The van der Waals surface area contributed by atoms with Crippen LogP contribution in [0.1, 0.15) is 22.5 Å². The van der Waals surface area contributed by atoms with E-state index in [1.807, 2.05) is 0 Å². The van der Waals surface area contributed by atoms with E-state index in [0.717, 1.165) is 0 Å². The lowest BCUT2D eigenvalue weighted by Crippen LogP contribution is -2.12. The van der Waals surface area contributed by atoms with Gasteiger partial charge in [0.25, 0.3) is 0 Å². The summed E-state index contributed by atoms with van der Waals surface area (Å²) in [6.45, 7) is -0.203. The first-order chi connectivity index (χ1) is 7.79. The van der Waals surface area contributed by atoms with Crippen LogP contribution in [-0.2, 0) is 12.7 Å². The van der Waals surface area contributed by atoms with E-state index in [0.29, 0.717) is 4.68 Å². The molecule has 1 aromatic heterocycles. The fourth-order valence-electron chi connectivity index (χ4n) is 1.13. The van der Waals surface area contributed by atoms with Crippen LogP contribution in [-0.4, -0.2) is 20.9 Å². The van der Waals surface area contributed by atoms with Crippen molar-refractivity contribution in [3.63, 3.8) is 0 Å². The van der Waals surface area contributed by atoms with Crippen molar-refractivity contribution in [2.75, 3.05) is 0 Å². The van der Waals surface area contributed by atoms with Crippen LogP contribution in [0.5, 0.6) is 0 Å². The van der Waals surface area contributed by atoms with Crippen molar-refractivity contribution in [1.82, 2.24) is 9.78 Å². The topological polar surface area (TPSA) is 78.9 Å². The number of alkyl halides is 3. The lowest BCUT2D eigenvalue weighted by Gasteiger charge is -2.02. The Morgan fingerprint density at radius 3 is 2.53 bits per heavy atom. The predicted molar refractivity (Wildman–Crippen MR) is 49.4 cm³/mol. The molecular weight excluding hydrogens is 263 g/mol. The summed E-state index contributed by atoms with van der Waals surface area (Å²) in [6, 6.07) is 1.69. The number of aromatic nitrogens is 2. The number of rotatable bonds is 3. The Morgan fingerprint density at radius 1 is 1.59 bits per heavy atom. The normalized spacial score (nSPS) is 11.2. The molecule has 5 nitrogen and oxygen atoms in total. The van der Waals surface area contributed by atoms with E-state index in [9.17, 15) is 18.0 Å². The fourth-order valence-corrected chi connectivity index (χ4v) is 1.43. The van der Waals surface area contributed by atoms with Gasteiger partial charge in [0.2, 0.25) is 0 Å². The van der Waals surface area contributed by atoms with Gasteiger partial charge >= 0.3 is 12.1 Å². The first-order valence-electron chi connectivity index (χ1n) is 4.22. The molecule has 0 unspecified atom stereocenters. The Morgan fingerprint density at radius 2 is 2.18 bits per heavy atom. The molecule has 92 valence electrons. The van der Waals surface area contributed by atoms with Crippen LogP contribution < -0.4 is 0 Å². The number of carboxylic acids is 1. The van der Waals surface area contributed by atoms with Gasteiger partial charge in [-0.25, -0.2) is 4.79 Å². The molecule has 0 aliphatic heterocycles. The van der Waals surface area contributed by atoms with Crippen molar-refractivity contribution >= 4 is 17.6 Å². The van der Waals surface area contributed by atoms with Gasteiger partial charge in [0.1, 0.15) is 10.7 Å². The minimum Gasteiger partial charge on any atom is -0.478 e. The highest BCUT2D eigenvalue weighted by Crippen LogP contribution is 2.34. The lowest BCUT2D eigenvalue weighted by atomic mass is 10.2. The second-order valence-corrected chi connectivity index (χ2v) is 3.31. The van der Waals surface area contributed by atoms with Crippen LogP contribution in [0, 0.1) is 11.3 Å². The van der Waals surface area contributed by atoms with Crippen molar-refractivity contribution in [3.8, 4) is 6.07 Å². The molecule has 0 bridgehead atoms. The molecule has 0 aromatic carbocycles. The molecule has 0 spiro atoms. The number of hydrogen-bond acceptors (Lipinski definition) is 3. The van der Waals surface area contributed by atoms with E-state index < -0.39 is 28.6 Å². The van der Waals surface area contributed by atoms with Crippen LogP contribution in [0.2, 0.25) is 5.15 Å². The SMILES string of the molecule is N#CCCn1nc(C(F)(F)F)c(C(=O)O)c1Cl. The summed E-state index contributed by atoms with van der Waals surface area (Å²) in [4.78, 5) is 10.7. The fraction of sp³-hybridized carbons (Fsp3) is 0.375. The van der Waals surface area contributed by atoms with Gasteiger partial charge in [-0.05, 0) is 0 Å². The van der Waals surface area contributed by atoms with Crippen LogP contribution in [0.15, 0.2) is 0 Å². The first kappa shape index (κ1) is 13.3. The second-order valence-electron chi connectivity index (χ2n) is 2.95. The molecule has 0 aliphatic carbocycles. The molecule has 17 heavy (non-hydrogen) atoms. The van der Waals surface area contributed by atoms with E-state index in [1.54, 1.807) is 6.07 Å². The predicted octanol–water partition coefficient (Wildman–Crippen LogP) is 2.17. The number of aryl methyl sites for hydroxylation is 1. The molecule has 0 aliphatic rings. The molecule has 9 heteroatoms. The third kappa shape index (κ3) is 2.68. The summed E-state index contributed by atoms with van der Waals surface area (Å²) in [6.07, 6.45) is -5.03. The summed E-state index contributed by atoms with van der Waals surface area (Å²) in [5, 5.41) is 19.4. The van der Waals surface area contributed by atoms with Gasteiger partial charge in [-0.1, -0.05) is 11.6 Å². The quantitative estimate of drug-likeness (QED) is 0.910. The average molecular weight is 268 g/mol. The molecule has 0 radical (unpaired) electrons. The molecule has 1 N–H and O–H groups in total. The summed E-state index contributed by atoms with van der Waals surface area (Å²) in [5.41, 5.74) is -2.66. The second kappa shape index (κ2) is 4.63. The van der Waals surface area contributed by atoms with Gasteiger partial charge in [-0.2, -0.15) is 23.5 Å². The van der Waals surface area contributed by atoms with Crippen molar-refractivity contribution in [2.24, 2.45) is 0 Å². The Hall–Kier alpha value is -1.75. The average Bonchev–Trinajstić information content (AvgIpc) is 2.52. The monoisotopic (exact) mass is 267 g/mol. The maximum absolute atomic E-state index is 12.5. The number of aromatic carboxylic acids is 1. The van der Waals surface area contributed by atoms with E-state index in [1.165, 1.54) is 0 Å². The molecule has 1 rings (SSSR count). The standard InChI is InChI=1S/C8H5ClF3N3O2/c9-6-4(7(16)17)5(8(10,11)12)14-15(6)3-1-2-13/h1,3H2,(H,16,17).